The number of carbonyl (C=O) groups excluding carboxylic acids is 1. The van der Waals surface area contributed by atoms with E-state index in [1.54, 1.807) is 23.1 Å². The first kappa shape index (κ1) is 19.1. The molecule has 25 heavy (non-hydrogen) atoms. The number of aliphatic carboxylic acids is 1. The number of benzene rings is 1. The van der Waals surface area contributed by atoms with Gasteiger partial charge in [0.1, 0.15) is 0 Å². The Morgan fingerprint density at radius 3 is 2.56 bits per heavy atom. The van der Waals surface area contributed by atoms with Crippen molar-refractivity contribution in [2.75, 3.05) is 26.3 Å². The number of hydrogen-bond donors (Lipinski definition) is 1. The quantitative estimate of drug-likeness (QED) is 0.730. The minimum absolute atomic E-state index is 0.0514. The summed E-state index contributed by atoms with van der Waals surface area (Å²) in [5.74, 6) is -0.401. The Kier molecular flexibility index (Phi) is 6.67. The number of amides is 1. The van der Waals surface area contributed by atoms with Crippen molar-refractivity contribution in [1.82, 2.24) is 4.90 Å². The van der Waals surface area contributed by atoms with Gasteiger partial charge >= 0.3 is 5.97 Å². The van der Waals surface area contributed by atoms with Gasteiger partial charge in [0, 0.05) is 18.7 Å². The largest absolute Gasteiger partial charge is 0.490 e. The maximum Gasteiger partial charge on any atom is 0.308 e. The van der Waals surface area contributed by atoms with Crippen LogP contribution in [0.5, 0.6) is 11.5 Å². The van der Waals surface area contributed by atoms with Crippen LogP contribution in [-0.2, 0) is 4.79 Å². The van der Waals surface area contributed by atoms with Crippen LogP contribution in [0.4, 0.5) is 0 Å². The van der Waals surface area contributed by atoms with Gasteiger partial charge in [0.25, 0.3) is 5.91 Å². The molecule has 0 radical (unpaired) electrons. The average molecular weight is 349 g/mol. The Hall–Kier alpha value is -2.24. The zero-order valence-electron chi connectivity index (χ0n) is 15.2. The van der Waals surface area contributed by atoms with Crippen molar-refractivity contribution in [3.63, 3.8) is 0 Å². The van der Waals surface area contributed by atoms with E-state index >= 15 is 0 Å². The van der Waals surface area contributed by atoms with Crippen molar-refractivity contribution >= 4 is 11.9 Å². The van der Waals surface area contributed by atoms with E-state index in [9.17, 15) is 14.7 Å². The molecule has 0 aromatic heterocycles. The highest BCUT2D eigenvalue weighted by Crippen LogP contribution is 2.31. The molecule has 2 atom stereocenters. The van der Waals surface area contributed by atoms with Crippen LogP contribution in [0.2, 0.25) is 0 Å². The molecule has 0 bridgehead atoms. The zero-order valence-corrected chi connectivity index (χ0v) is 15.2. The maximum atomic E-state index is 12.7. The van der Waals surface area contributed by atoms with Crippen LogP contribution in [0.15, 0.2) is 18.2 Å². The molecule has 0 unspecified atom stereocenters. The van der Waals surface area contributed by atoms with Gasteiger partial charge < -0.3 is 19.5 Å². The second kappa shape index (κ2) is 8.74. The standard InChI is InChI=1S/C19H27NO5/c1-4-6-9-25-16-8-7-14(10-17(16)24-5-2)18(21)20-11-13(3)15(12-20)19(22)23/h7-8,10,13,15H,4-6,9,11-12H2,1-3H3,(H,22,23)/t13-,15-/m1/s1. The fourth-order valence-corrected chi connectivity index (χ4v) is 2.99. The van der Waals surface area contributed by atoms with Crippen LogP contribution >= 0.6 is 0 Å². The Balaban J connectivity index is 2.14. The van der Waals surface area contributed by atoms with E-state index in [2.05, 4.69) is 6.92 Å². The first-order valence-corrected chi connectivity index (χ1v) is 8.89. The van der Waals surface area contributed by atoms with Gasteiger partial charge in [0.2, 0.25) is 0 Å². The summed E-state index contributed by atoms with van der Waals surface area (Å²) in [7, 11) is 0. The Bertz CT molecular complexity index is 616. The summed E-state index contributed by atoms with van der Waals surface area (Å²) in [6.45, 7) is 7.61. The Morgan fingerprint density at radius 1 is 1.20 bits per heavy atom. The van der Waals surface area contributed by atoms with Gasteiger partial charge in [-0.2, -0.15) is 0 Å². The summed E-state index contributed by atoms with van der Waals surface area (Å²) in [5, 5.41) is 9.23. The lowest BCUT2D eigenvalue weighted by Gasteiger charge is -2.18. The van der Waals surface area contributed by atoms with Crippen molar-refractivity contribution in [2.24, 2.45) is 11.8 Å². The molecule has 1 aliphatic heterocycles. The molecule has 138 valence electrons. The lowest BCUT2D eigenvalue weighted by molar-refractivity contribution is -0.142. The predicted octanol–water partition coefficient (Wildman–Crippen LogP) is 3.06. The van der Waals surface area contributed by atoms with E-state index < -0.39 is 11.9 Å². The summed E-state index contributed by atoms with van der Waals surface area (Å²) in [4.78, 5) is 25.6. The van der Waals surface area contributed by atoms with E-state index in [0.717, 1.165) is 12.8 Å². The van der Waals surface area contributed by atoms with Crippen molar-refractivity contribution in [2.45, 2.75) is 33.6 Å². The molecule has 1 fully saturated rings. The third-order valence-electron chi connectivity index (χ3n) is 4.46. The molecule has 1 heterocycles. The number of likely N-dealkylation sites (tertiary alicyclic amines) is 1. The van der Waals surface area contributed by atoms with Crippen molar-refractivity contribution in [3.8, 4) is 11.5 Å². The lowest BCUT2D eigenvalue weighted by Crippen LogP contribution is -2.30. The van der Waals surface area contributed by atoms with Gasteiger partial charge in [-0.3, -0.25) is 9.59 Å². The zero-order chi connectivity index (χ0) is 18.4. The summed E-state index contributed by atoms with van der Waals surface area (Å²) in [6.07, 6.45) is 1.99. The molecule has 6 nitrogen and oxygen atoms in total. The maximum absolute atomic E-state index is 12.7. The van der Waals surface area contributed by atoms with E-state index in [1.165, 1.54) is 0 Å². The Labute approximate surface area is 148 Å². The average Bonchev–Trinajstić information content (AvgIpc) is 2.98. The van der Waals surface area contributed by atoms with Gasteiger partial charge in [0.05, 0.1) is 19.1 Å². The van der Waals surface area contributed by atoms with Gasteiger partial charge in [-0.05, 0) is 37.5 Å². The van der Waals surface area contributed by atoms with Crippen molar-refractivity contribution < 1.29 is 24.2 Å². The molecular formula is C19H27NO5. The number of carbonyl (C=O) groups is 2. The molecule has 0 aliphatic carbocycles. The van der Waals surface area contributed by atoms with E-state index in [-0.39, 0.29) is 18.4 Å². The lowest BCUT2D eigenvalue weighted by atomic mass is 9.99. The van der Waals surface area contributed by atoms with E-state index in [4.69, 9.17) is 9.47 Å². The molecule has 1 N–H and O–H groups in total. The number of nitrogens with zero attached hydrogens (tertiary/aromatic N) is 1. The third-order valence-corrected chi connectivity index (χ3v) is 4.46. The van der Waals surface area contributed by atoms with Crippen LogP contribution in [0.25, 0.3) is 0 Å². The van der Waals surface area contributed by atoms with Crippen LogP contribution in [0.3, 0.4) is 0 Å². The molecule has 1 aromatic rings. The number of carboxylic acids is 1. The molecule has 1 amide bonds. The predicted molar refractivity (Wildman–Crippen MR) is 94.2 cm³/mol. The molecule has 1 aliphatic rings. The first-order valence-electron chi connectivity index (χ1n) is 8.89. The number of unbranched alkanes of at least 4 members (excludes halogenated alkanes) is 1. The van der Waals surface area contributed by atoms with E-state index in [0.29, 0.717) is 36.8 Å². The molecular weight excluding hydrogens is 322 g/mol. The minimum Gasteiger partial charge on any atom is -0.490 e. The number of ether oxygens (including phenoxy) is 2. The summed E-state index contributed by atoms with van der Waals surface area (Å²) < 4.78 is 11.3. The smallest absolute Gasteiger partial charge is 0.308 e. The molecule has 2 rings (SSSR count). The fourth-order valence-electron chi connectivity index (χ4n) is 2.99. The van der Waals surface area contributed by atoms with Crippen LogP contribution in [0.1, 0.15) is 44.0 Å². The highest BCUT2D eigenvalue weighted by atomic mass is 16.5. The molecule has 0 spiro atoms. The summed E-state index contributed by atoms with van der Waals surface area (Å²) >= 11 is 0. The fraction of sp³-hybridized carbons (Fsp3) is 0.579. The van der Waals surface area contributed by atoms with Crippen molar-refractivity contribution in [1.29, 1.82) is 0 Å². The van der Waals surface area contributed by atoms with Gasteiger partial charge in [-0.25, -0.2) is 0 Å². The monoisotopic (exact) mass is 349 g/mol. The second-order valence-electron chi connectivity index (χ2n) is 6.43. The second-order valence-corrected chi connectivity index (χ2v) is 6.43. The molecule has 0 saturated carbocycles. The van der Waals surface area contributed by atoms with Crippen LogP contribution in [0, 0.1) is 11.8 Å². The van der Waals surface area contributed by atoms with E-state index in [1.807, 2.05) is 13.8 Å². The molecule has 6 heteroatoms. The molecule has 1 aromatic carbocycles. The normalized spacial score (nSPS) is 19.7. The highest BCUT2D eigenvalue weighted by molar-refractivity contribution is 5.95. The first-order chi connectivity index (χ1) is 12.0. The third kappa shape index (κ3) is 4.65. The number of rotatable bonds is 8. The number of carboxylic acid groups (broad SMARTS) is 1. The summed E-state index contributed by atoms with van der Waals surface area (Å²) in [6, 6.07) is 5.15. The van der Waals surface area contributed by atoms with Gasteiger partial charge in [-0.1, -0.05) is 20.3 Å². The topological polar surface area (TPSA) is 76.1 Å². The van der Waals surface area contributed by atoms with Gasteiger partial charge in [0.15, 0.2) is 11.5 Å². The summed E-state index contributed by atoms with van der Waals surface area (Å²) in [5.41, 5.74) is 0.490. The minimum atomic E-state index is -0.850. The highest BCUT2D eigenvalue weighted by Gasteiger charge is 2.37. The Morgan fingerprint density at radius 2 is 1.96 bits per heavy atom. The molecule has 1 saturated heterocycles. The SMILES string of the molecule is CCCCOc1ccc(C(=O)N2C[C@@H](C)[C@H](C(=O)O)C2)cc1OCC. The van der Waals surface area contributed by atoms with Gasteiger partial charge in [-0.15, -0.1) is 0 Å². The van der Waals surface area contributed by atoms with Crippen molar-refractivity contribution in [3.05, 3.63) is 23.8 Å². The number of hydrogen-bond acceptors (Lipinski definition) is 4. The van der Waals surface area contributed by atoms with Crippen LogP contribution < -0.4 is 9.47 Å². The van der Waals surface area contributed by atoms with Crippen LogP contribution in [-0.4, -0.2) is 48.2 Å².